The molecule has 0 bridgehead atoms. The lowest BCUT2D eigenvalue weighted by Gasteiger charge is -2.10. The second-order valence-corrected chi connectivity index (χ2v) is 9.64. The molecule has 10 heteroatoms. The van der Waals surface area contributed by atoms with Crippen LogP contribution < -0.4 is 10.5 Å². The van der Waals surface area contributed by atoms with Gasteiger partial charge in [-0.25, -0.2) is 13.6 Å². The molecule has 8 nitrogen and oxygen atoms in total. The quantitative estimate of drug-likeness (QED) is 0.375. The van der Waals surface area contributed by atoms with Gasteiger partial charge in [-0.05, 0) is 42.0 Å². The Kier molecular flexibility index (Phi) is 6.87. The maximum atomic E-state index is 12.5. The van der Waals surface area contributed by atoms with Gasteiger partial charge in [0.05, 0.1) is 10.6 Å². The smallest absolute Gasteiger partial charge is 0.238 e. The summed E-state index contributed by atoms with van der Waals surface area (Å²) in [4.78, 5) is 12.5. The van der Waals surface area contributed by atoms with E-state index in [4.69, 9.17) is 5.14 Å². The number of nitrogens with zero attached hydrogens (tertiary/aromatic N) is 3. The third kappa shape index (κ3) is 5.86. The summed E-state index contributed by atoms with van der Waals surface area (Å²) in [6.45, 7) is 0. The van der Waals surface area contributed by atoms with E-state index < -0.39 is 10.0 Å². The van der Waals surface area contributed by atoms with Gasteiger partial charge in [0.15, 0.2) is 5.16 Å². The van der Waals surface area contributed by atoms with Gasteiger partial charge in [-0.1, -0.05) is 60.3 Å². The Bertz CT molecular complexity index is 1340. The van der Waals surface area contributed by atoms with Gasteiger partial charge in [0, 0.05) is 17.8 Å². The van der Waals surface area contributed by atoms with Crippen LogP contribution in [0.4, 0.5) is 5.69 Å². The van der Waals surface area contributed by atoms with Crippen LogP contribution in [0, 0.1) is 0 Å². The minimum atomic E-state index is -3.78. The topological polar surface area (TPSA) is 120 Å². The molecule has 4 aromatic rings. The molecule has 0 unspecified atom stereocenters. The monoisotopic (exact) mass is 479 g/mol. The van der Waals surface area contributed by atoms with E-state index in [0.717, 1.165) is 17.1 Å². The lowest BCUT2D eigenvalue weighted by atomic mass is 10.1. The molecule has 4 rings (SSSR count). The highest BCUT2D eigenvalue weighted by Gasteiger charge is 2.16. The number of hydrogen-bond donors (Lipinski definition) is 2. The van der Waals surface area contributed by atoms with Crippen molar-refractivity contribution in [2.75, 3.05) is 11.1 Å². The summed E-state index contributed by atoms with van der Waals surface area (Å²) >= 11 is 1.27. The van der Waals surface area contributed by atoms with Gasteiger partial charge < -0.3 is 5.32 Å². The van der Waals surface area contributed by atoms with E-state index >= 15 is 0 Å². The number of thioether (sulfide) groups is 1. The summed E-state index contributed by atoms with van der Waals surface area (Å²) < 4.78 is 24.7. The molecule has 0 aliphatic carbocycles. The number of carbonyl (C=O) groups is 1. The Hall–Kier alpha value is -3.47. The lowest BCUT2D eigenvalue weighted by molar-refractivity contribution is -0.113. The second kappa shape index (κ2) is 9.99. The maximum absolute atomic E-state index is 12.5. The average Bonchev–Trinajstić information content (AvgIpc) is 3.21. The van der Waals surface area contributed by atoms with Crippen LogP contribution in [0.3, 0.4) is 0 Å². The van der Waals surface area contributed by atoms with E-state index in [1.165, 1.54) is 36.0 Å². The average molecular weight is 480 g/mol. The molecule has 33 heavy (non-hydrogen) atoms. The van der Waals surface area contributed by atoms with E-state index in [0.29, 0.717) is 17.3 Å². The Labute approximate surface area is 195 Å². The van der Waals surface area contributed by atoms with Gasteiger partial charge in [0.2, 0.25) is 15.9 Å². The minimum absolute atomic E-state index is 0.0169. The van der Waals surface area contributed by atoms with E-state index in [-0.39, 0.29) is 16.6 Å². The summed E-state index contributed by atoms with van der Waals surface area (Å²) in [5.74, 6) is 0.622. The molecule has 0 aliphatic heterocycles. The van der Waals surface area contributed by atoms with Crippen LogP contribution in [-0.4, -0.2) is 34.8 Å². The first kappa shape index (κ1) is 22.7. The number of carbonyl (C=O) groups excluding carboxylic acids is 1. The molecular formula is C23H21N5O3S2. The van der Waals surface area contributed by atoms with Gasteiger partial charge in [-0.2, -0.15) is 0 Å². The number of aromatic nitrogens is 3. The standard InChI is InChI=1S/C23H21N5O3S2/c24-33(30,31)20-13-11-18(12-14-20)25-22(29)16-32-23-27-26-21(15-17-7-3-1-4-8-17)28(23)19-9-5-2-6-10-19/h1-14H,15-16H2,(H,25,29)(H2,24,30,31). The van der Waals surface area contributed by atoms with Gasteiger partial charge >= 0.3 is 0 Å². The molecule has 0 spiro atoms. The Morgan fingerprint density at radius 2 is 1.55 bits per heavy atom. The molecule has 1 aromatic heterocycles. The number of amides is 1. The molecule has 0 saturated carbocycles. The molecule has 0 atom stereocenters. The SMILES string of the molecule is NS(=O)(=O)c1ccc(NC(=O)CSc2nnc(Cc3ccccc3)n2-c2ccccc2)cc1. The highest BCUT2D eigenvalue weighted by molar-refractivity contribution is 7.99. The summed E-state index contributed by atoms with van der Waals surface area (Å²) in [6.07, 6.45) is 0.603. The first-order valence-electron chi connectivity index (χ1n) is 9.99. The van der Waals surface area contributed by atoms with E-state index in [1.54, 1.807) is 0 Å². The van der Waals surface area contributed by atoms with Crippen LogP contribution in [-0.2, 0) is 21.2 Å². The molecule has 0 aliphatic rings. The number of rotatable bonds is 8. The number of sulfonamides is 1. The number of para-hydroxylation sites is 1. The zero-order chi connectivity index (χ0) is 23.3. The van der Waals surface area contributed by atoms with E-state index in [2.05, 4.69) is 15.5 Å². The van der Waals surface area contributed by atoms with Crippen LogP contribution in [0.5, 0.6) is 0 Å². The fourth-order valence-corrected chi connectivity index (χ4v) is 4.46. The molecule has 3 aromatic carbocycles. The van der Waals surface area contributed by atoms with Crippen LogP contribution in [0.1, 0.15) is 11.4 Å². The molecular weight excluding hydrogens is 458 g/mol. The van der Waals surface area contributed by atoms with Gasteiger partial charge in [-0.15, -0.1) is 10.2 Å². The van der Waals surface area contributed by atoms with Crippen LogP contribution >= 0.6 is 11.8 Å². The van der Waals surface area contributed by atoms with Crippen molar-refractivity contribution in [3.63, 3.8) is 0 Å². The Balaban J connectivity index is 1.49. The zero-order valence-electron chi connectivity index (χ0n) is 17.5. The summed E-state index contributed by atoms with van der Waals surface area (Å²) in [5, 5.41) is 17.1. The summed E-state index contributed by atoms with van der Waals surface area (Å²) in [7, 11) is -3.78. The Morgan fingerprint density at radius 3 is 2.18 bits per heavy atom. The highest BCUT2D eigenvalue weighted by Crippen LogP contribution is 2.24. The molecule has 1 heterocycles. The summed E-state index contributed by atoms with van der Waals surface area (Å²) in [6, 6.07) is 25.4. The van der Waals surface area contributed by atoms with Crippen molar-refractivity contribution in [3.05, 3.63) is 96.3 Å². The first-order valence-corrected chi connectivity index (χ1v) is 12.5. The van der Waals surface area contributed by atoms with E-state index in [1.807, 2.05) is 65.2 Å². The number of anilines is 1. The van der Waals surface area contributed by atoms with Crippen molar-refractivity contribution in [1.82, 2.24) is 14.8 Å². The molecule has 168 valence electrons. The lowest BCUT2D eigenvalue weighted by Crippen LogP contribution is -2.15. The van der Waals surface area contributed by atoms with Crippen molar-refractivity contribution >= 4 is 33.4 Å². The predicted octanol–water partition coefficient (Wildman–Crippen LogP) is 3.24. The van der Waals surface area contributed by atoms with Gasteiger partial charge in [0.1, 0.15) is 5.82 Å². The van der Waals surface area contributed by atoms with Crippen molar-refractivity contribution in [1.29, 1.82) is 0 Å². The number of nitrogens with one attached hydrogen (secondary N) is 1. The molecule has 1 amide bonds. The number of benzene rings is 3. The van der Waals surface area contributed by atoms with Crippen LogP contribution in [0.2, 0.25) is 0 Å². The molecule has 0 fully saturated rings. The maximum Gasteiger partial charge on any atom is 0.238 e. The van der Waals surface area contributed by atoms with Crippen molar-refractivity contribution in [2.45, 2.75) is 16.5 Å². The van der Waals surface area contributed by atoms with Crippen molar-refractivity contribution < 1.29 is 13.2 Å². The van der Waals surface area contributed by atoms with Crippen molar-refractivity contribution in [2.24, 2.45) is 5.14 Å². The predicted molar refractivity (Wildman–Crippen MR) is 128 cm³/mol. The van der Waals surface area contributed by atoms with Crippen LogP contribution in [0.15, 0.2) is 95.0 Å². The van der Waals surface area contributed by atoms with Gasteiger partial charge in [-0.3, -0.25) is 9.36 Å². The third-order valence-corrected chi connectivity index (χ3v) is 6.58. The Morgan fingerprint density at radius 1 is 0.909 bits per heavy atom. The highest BCUT2D eigenvalue weighted by atomic mass is 32.2. The number of primary sulfonamides is 1. The first-order chi connectivity index (χ1) is 15.9. The fraction of sp³-hybridized carbons (Fsp3) is 0.0870. The minimum Gasteiger partial charge on any atom is -0.325 e. The molecule has 3 N–H and O–H groups in total. The summed E-state index contributed by atoms with van der Waals surface area (Å²) in [5.41, 5.74) is 2.50. The third-order valence-electron chi connectivity index (χ3n) is 4.72. The normalized spacial score (nSPS) is 11.3. The number of nitrogens with two attached hydrogens (primary N) is 1. The zero-order valence-corrected chi connectivity index (χ0v) is 19.1. The molecule has 0 radical (unpaired) electrons. The molecule has 0 saturated heterocycles. The second-order valence-electron chi connectivity index (χ2n) is 7.14. The van der Waals surface area contributed by atoms with Gasteiger partial charge in [0.25, 0.3) is 0 Å². The fourth-order valence-electron chi connectivity index (χ4n) is 3.18. The van der Waals surface area contributed by atoms with E-state index in [9.17, 15) is 13.2 Å². The van der Waals surface area contributed by atoms with Crippen molar-refractivity contribution in [3.8, 4) is 5.69 Å². The number of hydrogen-bond acceptors (Lipinski definition) is 6. The largest absolute Gasteiger partial charge is 0.325 e. The van der Waals surface area contributed by atoms with Crippen LogP contribution in [0.25, 0.3) is 5.69 Å².